The van der Waals surface area contributed by atoms with Gasteiger partial charge in [-0.05, 0) is 43.3 Å². The zero-order valence-electron chi connectivity index (χ0n) is 13.9. The standard InChI is InChI=1S/C18H19NO6/c1-11(10-23-2)24-15-7-13(17(19)20)8-16(9-15)25-14-5-3-12(4-6-14)18(21)22/h3-9,11H,10H2,1-2H3,(H2,19,20)(H,21,22). The van der Waals surface area contributed by atoms with Crippen LogP contribution in [0.4, 0.5) is 0 Å². The van der Waals surface area contributed by atoms with Crippen molar-refractivity contribution in [2.45, 2.75) is 13.0 Å². The van der Waals surface area contributed by atoms with Gasteiger partial charge in [0.05, 0.1) is 12.2 Å². The first-order valence-electron chi connectivity index (χ1n) is 7.50. The Morgan fingerprint density at radius 1 is 1.04 bits per heavy atom. The molecule has 2 aromatic carbocycles. The van der Waals surface area contributed by atoms with Gasteiger partial charge in [-0.15, -0.1) is 0 Å². The Morgan fingerprint density at radius 3 is 2.24 bits per heavy atom. The number of rotatable bonds is 8. The number of hydrogen-bond donors (Lipinski definition) is 2. The number of benzene rings is 2. The number of aromatic carboxylic acids is 1. The third-order valence-corrected chi connectivity index (χ3v) is 3.24. The highest BCUT2D eigenvalue weighted by molar-refractivity contribution is 5.93. The van der Waals surface area contributed by atoms with Crippen molar-refractivity contribution in [1.82, 2.24) is 0 Å². The normalized spacial score (nSPS) is 11.6. The number of carboxylic acids is 1. The quantitative estimate of drug-likeness (QED) is 0.761. The fraction of sp³-hybridized carbons (Fsp3) is 0.222. The van der Waals surface area contributed by atoms with Crippen molar-refractivity contribution in [1.29, 1.82) is 0 Å². The van der Waals surface area contributed by atoms with Crippen molar-refractivity contribution in [3.8, 4) is 17.2 Å². The molecule has 0 radical (unpaired) electrons. The molecule has 0 aliphatic carbocycles. The van der Waals surface area contributed by atoms with Crippen molar-refractivity contribution >= 4 is 11.9 Å². The molecule has 0 heterocycles. The van der Waals surface area contributed by atoms with Crippen LogP contribution in [0.3, 0.4) is 0 Å². The smallest absolute Gasteiger partial charge is 0.335 e. The van der Waals surface area contributed by atoms with E-state index in [9.17, 15) is 9.59 Å². The van der Waals surface area contributed by atoms with Crippen LogP contribution in [-0.2, 0) is 4.74 Å². The van der Waals surface area contributed by atoms with Gasteiger partial charge in [-0.1, -0.05) is 0 Å². The van der Waals surface area contributed by atoms with E-state index in [1.54, 1.807) is 13.2 Å². The number of carbonyl (C=O) groups is 2. The molecule has 0 saturated carbocycles. The maximum atomic E-state index is 11.5. The lowest BCUT2D eigenvalue weighted by Gasteiger charge is -2.15. The van der Waals surface area contributed by atoms with Crippen LogP contribution in [0, 0.1) is 0 Å². The molecule has 7 nitrogen and oxygen atoms in total. The summed E-state index contributed by atoms with van der Waals surface area (Å²) in [4.78, 5) is 22.4. The van der Waals surface area contributed by atoms with Gasteiger partial charge < -0.3 is 25.1 Å². The number of primary amides is 1. The van der Waals surface area contributed by atoms with Crippen molar-refractivity contribution in [3.63, 3.8) is 0 Å². The van der Waals surface area contributed by atoms with E-state index in [1.165, 1.54) is 36.4 Å². The van der Waals surface area contributed by atoms with Crippen LogP contribution in [0.5, 0.6) is 17.2 Å². The Labute approximate surface area is 144 Å². The first kappa shape index (κ1) is 18.3. The Morgan fingerprint density at radius 2 is 1.68 bits per heavy atom. The van der Waals surface area contributed by atoms with Crippen LogP contribution in [0.25, 0.3) is 0 Å². The molecule has 25 heavy (non-hydrogen) atoms. The van der Waals surface area contributed by atoms with E-state index in [0.29, 0.717) is 23.9 Å². The number of amides is 1. The van der Waals surface area contributed by atoms with Crippen LogP contribution in [0.2, 0.25) is 0 Å². The number of carbonyl (C=O) groups excluding carboxylic acids is 1. The second kappa shape index (κ2) is 8.16. The molecule has 0 bridgehead atoms. The number of carboxylic acid groups (broad SMARTS) is 1. The number of nitrogens with two attached hydrogens (primary N) is 1. The maximum Gasteiger partial charge on any atom is 0.335 e. The molecular weight excluding hydrogens is 326 g/mol. The molecule has 1 atom stereocenters. The Balaban J connectivity index is 2.24. The summed E-state index contributed by atoms with van der Waals surface area (Å²) >= 11 is 0. The topological polar surface area (TPSA) is 108 Å². The summed E-state index contributed by atoms with van der Waals surface area (Å²) in [7, 11) is 1.56. The fourth-order valence-electron chi connectivity index (χ4n) is 2.14. The van der Waals surface area contributed by atoms with E-state index in [1.807, 2.05) is 6.92 Å². The molecule has 0 aliphatic rings. The van der Waals surface area contributed by atoms with Gasteiger partial charge in [0, 0.05) is 18.7 Å². The molecule has 2 rings (SSSR count). The van der Waals surface area contributed by atoms with Crippen LogP contribution in [-0.4, -0.2) is 36.8 Å². The molecule has 7 heteroatoms. The summed E-state index contributed by atoms with van der Waals surface area (Å²) in [6, 6.07) is 10.5. The molecule has 0 spiro atoms. The van der Waals surface area contributed by atoms with Crippen molar-refractivity contribution in [2.75, 3.05) is 13.7 Å². The minimum Gasteiger partial charge on any atom is -0.488 e. The fourth-order valence-corrected chi connectivity index (χ4v) is 2.14. The molecule has 0 aromatic heterocycles. The van der Waals surface area contributed by atoms with Gasteiger partial charge in [-0.3, -0.25) is 4.79 Å². The van der Waals surface area contributed by atoms with E-state index in [2.05, 4.69) is 0 Å². The Kier molecular flexibility index (Phi) is 5.97. The molecule has 132 valence electrons. The summed E-state index contributed by atoms with van der Waals surface area (Å²) in [6.07, 6.45) is -0.226. The van der Waals surface area contributed by atoms with Gasteiger partial charge in [0.25, 0.3) is 0 Å². The summed E-state index contributed by atoms with van der Waals surface area (Å²) < 4.78 is 16.4. The van der Waals surface area contributed by atoms with Crippen LogP contribution < -0.4 is 15.2 Å². The average molecular weight is 345 g/mol. The Bertz CT molecular complexity index is 757. The lowest BCUT2D eigenvalue weighted by molar-refractivity contribution is 0.0696. The molecular formula is C18H19NO6. The van der Waals surface area contributed by atoms with E-state index in [0.717, 1.165) is 0 Å². The first-order chi connectivity index (χ1) is 11.9. The van der Waals surface area contributed by atoms with E-state index >= 15 is 0 Å². The van der Waals surface area contributed by atoms with Gasteiger partial charge in [-0.2, -0.15) is 0 Å². The summed E-state index contributed by atoms with van der Waals surface area (Å²) in [6.45, 7) is 2.21. The zero-order valence-corrected chi connectivity index (χ0v) is 13.9. The summed E-state index contributed by atoms with van der Waals surface area (Å²) in [5.41, 5.74) is 5.73. The lowest BCUT2D eigenvalue weighted by Crippen LogP contribution is -2.18. The SMILES string of the molecule is COCC(C)Oc1cc(Oc2ccc(C(=O)O)cc2)cc(C(N)=O)c1. The molecule has 0 fully saturated rings. The first-order valence-corrected chi connectivity index (χ1v) is 7.50. The van der Waals surface area contributed by atoms with Gasteiger partial charge in [0.1, 0.15) is 23.4 Å². The van der Waals surface area contributed by atoms with E-state index < -0.39 is 11.9 Å². The van der Waals surface area contributed by atoms with E-state index in [-0.39, 0.29) is 17.2 Å². The van der Waals surface area contributed by atoms with Gasteiger partial charge >= 0.3 is 5.97 Å². The largest absolute Gasteiger partial charge is 0.488 e. The molecule has 3 N–H and O–H groups in total. The minimum atomic E-state index is -1.02. The maximum absolute atomic E-state index is 11.5. The predicted molar refractivity (Wildman–Crippen MR) is 90.4 cm³/mol. The zero-order chi connectivity index (χ0) is 18.4. The van der Waals surface area contributed by atoms with Crippen LogP contribution >= 0.6 is 0 Å². The van der Waals surface area contributed by atoms with Gasteiger partial charge in [0.15, 0.2) is 0 Å². The summed E-state index contributed by atoms with van der Waals surface area (Å²) in [5, 5.41) is 8.91. The predicted octanol–water partition coefficient (Wildman–Crippen LogP) is 2.69. The van der Waals surface area contributed by atoms with Crippen molar-refractivity contribution < 1.29 is 28.9 Å². The van der Waals surface area contributed by atoms with Gasteiger partial charge in [-0.25, -0.2) is 4.79 Å². The highest BCUT2D eigenvalue weighted by atomic mass is 16.5. The lowest BCUT2D eigenvalue weighted by atomic mass is 10.2. The van der Waals surface area contributed by atoms with Gasteiger partial charge in [0.2, 0.25) is 5.91 Å². The molecule has 0 saturated heterocycles. The number of hydrogen-bond acceptors (Lipinski definition) is 5. The number of ether oxygens (including phenoxy) is 3. The van der Waals surface area contributed by atoms with E-state index in [4.69, 9.17) is 25.1 Å². The highest BCUT2D eigenvalue weighted by Crippen LogP contribution is 2.28. The van der Waals surface area contributed by atoms with Crippen molar-refractivity contribution in [2.24, 2.45) is 5.73 Å². The second-order valence-electron chi connectivity index (χ2n) is 5.37. The van der Waals surface area contributed by atoms with Crippen LogP contribution in [0.15, 0.2) is 42.5 Å². The monoisotopic (exact) mass is 345 g/mol. The highest BCUT2D eigenvalue weighted by Gasteiger charge is 2.11. The molecule has 1 unspecified atom stereocenters. The minimum absolute atomic E-state index is 0.149. The summed E-state index contributed by atoms with van der Waals surface area (Å²) in [5.74, 6) is -0.458. The third kappa shape index (κ3) is 5.22. The van der Waals surface area contributed by atoms with Crippen molar-refractivity contribution in [3.05, 3.63) is 53.6 Å². The third-order valence-electron chi connectivity index (χ3n) is 3.24. The molecule has 0 aliphatic heterocycles. The van der Waals surface area contributed by atoms with Crippen LogP contribution in [0.1, 0.15) is 27.6 Å². The average Bonchev–Trinajstić information content (AvgIpc) is 2.55. The second-order valence-corrected chi connectivity index (χ2v) is 5.37. The number of methoxy groups -OCH3 is 1. The molecule has 2 aromatic rings. The molecule has 1 amide bonds. The Hall–Kier alpha value is -3.06.